The molecule has 0 amide bonds. The highest BCUT2D eigenvalue weighted by atomic mass is 35.5. The molecule has 24 heavy (non-hydrogen) atoms. The molecule has 1 unspecified atom stereocenters. The predicted octanol–water partition coefficient (Wildman–Crippen LogP) is 0.369. The van der Waals surface area contributed by atoms with E-state index in [1.54, 1.807) is 0 Å². The minimum absolute atomic E-state index is 0. The average Bonchev–Trinajstić information content (AvgIpc) is 2.62. The molecule has 0 saturated carbocycles. The number of fused-ring (bicyclic) bond motifs is 3. The molecule has 0 radical (unpaired) electrons. The van der Waals surface area contributed by atoms with E-state index in [1.165, 1.54) is 21.7 Å². The molecule has 120 valence electrons. The van der Waals surface area contributed by atoms with Gasteiger partial charge in [-0.1, -0.05) is 36.4 Å². The molecule has 2 aliphatic heterocycles. The quantitative estimate of drug-likeness (QED) is 0.800. The number of hydrogen-bond donors (Lipinski definition) is 1. The summed E-state index contributed by atoms with van der Waals surface area (Å²) < 4.78 is 0.626. The summed E-state index contributed by atoms with van der Waals surface area (Å²) in [7, 11) is 0. The Morgan fingerprint density at radius 3 is 2.54 bits per heavy atom. The number of quaternary nitrogens is 1. The van der Waals surface area contributed by atoms with Crippen LogP contribution in [0.25, 0.3) is 12.2 Å². The molecule has 4 rings (SSSR count). The number of nitrogens with one attached hydrogen (secondary N) is 1. The summed E-state index contributed by atoms with van der Waals surface area (Å²) in [4.78, 5) is 0. The summed E-state index contributed by atoms with van der Waals surface area (Å²) in [6.45, 7) is 5.00. The molecule has 2 aliphatic rings. The van der Waals surface area contributed by atoms with E-state index in [4.69, 9.17) is 0 Å². The van der Waals surface area contributed by atoms with Gasteiger partial charge in [0.2, 0.25) is 0 Å². The second-order valence-corrected chi connectivity index (χ2v) is 5.89. The molecule has 0 bridgehead atoms. The SMILES string of the molecule is C=C[N+]1(Cc2ccccc2)C=CC=c2c1ccc1c2=CC=CN1.[Cl-]. The summed E-state index contributed by atoms with van der Waals surface area (Å²) in [5, 5.41) is 5.82. The number of anilines is 1. The molecule has 0 saturated heterocycles. The van der Waals surface area contributed by atoms with Crippen molar-refractivity contribution in [1.29, 1.82) is 0 Å². The van der Waals surface area contributed by atoms with Crippen molar-refractivity contribution in [3.63, 3.8) is 0 Å². The van der Waals surface area contributed by atoms with Gasteiger partial charge in [0.1, 0.15) is 18.4 Å². The lowest BCUT2D eigenvalue weighted by Crippen LogP contribution is -3.00. The zero-order valence-corrected chi connectivity index (χ0v) is 14.1. The third-order valence-corrected chi connectivity index (χ3v) is 4.54. The second kappa shape index (κ2) is 6.52. The Labute approximate surface area is 148 Å². The highest BCUT2D eigenvalue weighted by Gasteiger charge is 2.29. The van der Waals surface area contributed by atoms with Crippen LogP contribution in [-0.2, 0) is 6.54 Å². The third-order valence-electron chi connectivity index (χ3n) is 4.54. The van der Waals surface area contributed by atoms with Gasteiger partial charge >= 0.3 is 0 Å². The molecule has 2 heterocycles. The standard InChI is InChI=1S/C21H19N2.ClH/c1-2-23(16-17-8-4-3-5-9-17)15-7-11-19-18-10-6-14-22-20(18)12-13-21(19)23;/h2-15,22H,1,16H2;1H/q+1;/p-1. The monoisotopic (exact) mass is 334 g/mol. The van der Waals surface area contributed by atoms with Gasteiger partial charge in [-0.3, -0.25) is 0 Å². The summed E-state index contributed by atoms with van der Waals surface area (Å²) in [6.07, 6.45) is 14.7. The largest absolute Gasteiger partial charge is 1.00 e. The minimum Gasteiger partial charge on any atom is -1.00 e. The van der Waals surface area contributed by atoms with Crippen LogP contribution in [0.15, 0.2) is 79.8 Å². The Bertz CT molecular complexity index is 942. The van der Waals surface area contributed by atoms with Crippen LogP contribution in [0.3, 0.4) is 0 Å². The zero-order valence-electron chi connectivity index (χ0n) is 13.3. The first-order chi connectivity index (χ1) is 11.3. The molecule has 1 N–H and O–H groups in total. The molecule has 2 aromatic rings. The van der Waals surface area contributed by atoms with Gasteiger partial charge in [0.25, 0.3) is 0 Å². The third kappa shape index (κ3) is 2.60. The first kappa shape index (κ1) is 16.3. The number of allylic oxidation sites excluding steroid dienone is 2. The van der Waals surface area contributed by atoms with Crippen LogP contribution in [0, 0.1) is 0 Å². The lowest BCUT2D eigenvalue weighted by atomic mass is 10.0. The van der Waals surface area contributed by atoms with Crippen molar-refractivity contribution >= 4 is 23.5 Å². The summed E-state index contributed by atoms with van der Waals surface area (Å²) in [5.41, 5.74) is 3.71. The van der Waals surface area contributed by atoms with Crippen LogP contribution >= 0.6 is 0 Å². The molecule has 3 heteroatoms. The predicted molar refractivity (Wildman–Crippen MR) is 98.7 cm³/mol. The van der Waals surface area contributed by atoms with E-state index in [0.29, 0.717) is 4.48 Å². The van der Waals surface area contributed by atoms with Crippen molar-refractivity contribution in [2.75, 3.05) is 5.32 Å². The van der Waals surface area contributed by atoms with E-state index in [9.17, 15) is 0 Å². The first-order valence-corrected chi connectivity index (χ1v) is 7.84. The summed E-state index contributed by atoms with van der Waals surface area (Å²) in [6, 6.07) is 14.9. The van der Waals surface area contributed by atoms with Gasteiger partial charge in [-0.2, -0.15) is 0 Å². The lowest BCUT2D eigenvalue weighted by Gasteiger charge is -2.32. The number of hydrogen-bond acceptors (Lipinski definition) is 1. The van der Waals surface area contributed by atoms with Gasteiger partial charge < -0.3 is 17.7 Å². The van der Waals surface area contributed by atoms with E-state index in [0.717, 1.165) is 12.2 Å². The molecule has 0 aliphatic carbocycles. The van der Waals surface area contributed by atoms with Crippen molar-refractivity contribution < 1.29 is 12.4 Å². The first-order valence-electron chi connectivity index (χ1n) is 7.84. The van der Waals surface area contributed by atoms with Gasteiger partial charge in [0.05, 0.1) is 6.20 Å². The van der Waals surface area contributed by atoms with Crippen LogP contribution in [0.5, 0.6) is 0 Å². The van der Waals surface area contributed by atoms with Gasteiger partial charge in [0.15, 0.2) is 0 Å². The second-order valence-electron chi connectivity index (χ2n) is 5.89. The highest BCUT2D eigenvalue weighted by Crippen LogP contribution is 2.27. The molecule has 0 spiro atoms. The van der Waals surface area contributed by atoms with Crippen molar-refractivity contribution in [3.8, 4) is 0 Å². The number of halogens is 1. The smallest absolute Gasteiger partial charge is 0.150 e. The molecule has 2 aromatic carbocycles. The van der Waals surface area contributed by atoms with Crippen LogP contribution in [-0.4, -0.2) is 0 Å². The van der Waals surface area contributed by atoms with Crippen LogP contribution in [0.2, 0.25) is 0 Å². The Hall–Kier alpha value is -2.55. The van der Waals surface area contributed by atoms with Crippen LogP contribution in [0.4, 0.5) is 11.4 Å². The zero-order chi connectivity index (χ0) is 15.7. The molecular weight excluding hydrogens is 316 g/mol. The maximum absolute atomic E-state index is 4.13. The van der Waals surface area contributed by atoms with Crippen LogP contribution in [0.1, 0.15) is 5.56 Å². The normalized spacial score (nSPS) is 19.7. The van der Waals surface area contributed by atoms with Crippen molar-refractivity contribution in [2.24, 2.45) is 0 Å². The summed E-state index contributed by atoms with van der Waals surface area (Å²) >= 11 is 0. The van der Waals surface area contributed by atoms with Gasteiger partial charge in [-0.15, -0.1) is 0 Å². The molecule has 1 atom stereocenters. The Morgan fingerprint density at radius 1 is 0.958 bits per heavy atom. The van der Waals surface area contributed by atoms with Gasteiger partial charge in [-0.05, 0) is 30.9 Å². The van der Waals surface area contributed by atoms with Gasteiger partial charge in [0, 0.05) is 34.0 Å². The molecular formula is C21H19ClN2. The minimum atomic E-state index is 0. The topological polar surface area (TPSA) is 12.0 Å². The number of rotatable bonds is 3. The molecule has 0 aromatic heterocycles. The molecule has 2 nitrogen and oxygen atoms in total. The van der Waals surface area contributed by atoms with Crippen molar-refractivity contribution in [3.05, 3.63) is 95.8 Å². The fourth-order valence-electron chi connectivity index (χ4n) is 3.37. The Kier molecular flexibility index (Phi) is 4.43. The fraction of sp³-hybridized carbons (Fsp3) is 0.0476. The Balaban J connectivity index is 0.00000169. The maximum atomic E-state index is 4.13. The van der Waals surface area contributed by atoms with E-state index in [2.05, 4.69) is 84.9 Å². The number of nitrogens with zero attached hydrogens (tertiary/aromatic N) is 1. The number of benzene rings is 2. The van der Waals surface area contributed by atoms with E-state index < -0.39 is 0 Å². The van der Waals surface area contributed by atoms with E-state index in [-0.39, 0.29) is 12.4 Å². The van der Waals surface area contributed by atoms with Crippen molar-refractivity contribution in [1.82, 2.24) is 4.48 Å². The van der Waals surface area contributed by atoms with Crippen molar-refractivity contribution in [2.45, 2.75) is 6.54 Å². The summed E-state index contributed by atoms with van der Waals surface area (Å²) in [5.74, 6) is 0. The van der Waals surface area contributed by atoms with Gasteiger partial charge in [-0.25, -0.2) is 4.48 Å². The van der Waals surface area contributed by atoms with E-state index >= 15 is 0 Å². The molecule has 0 fully saturated rings. The fourth-order valence-corrected chi connectivity index (χ4v) is 3.37. The van der Waals surface area contributed by atoms with E-state index in [1.807, 2.05) is 12.4 Å². The maximum Gasteiger partial charge on any atom is 0.150 e. The lowest BCUT2D eigenvalue weighted by molar-refractivity contribution is -0.00000442. The average molecular weight is 335 g/mol. The van der Waals surface area contributed by atoms with Crippen LogP contribution < -0.4 is 32.6 Å². The highest BCUT2D eigenvalue weighted by molar-refractivity contribution is 5.69. The Morgan fingerprint density at radius 2 is 1.75 bits per heavy atom.